The molecule has 2 amide bonds. The number of nitrogens with one attached hydrogen (secondary N) is 2. The summed E-state index contributed by atoms with van der Waals surface area (Å²) in [5, 5.41) is 5.54. The van der Waals surface area contributed by atoms with Gasteiger partial charge in [0.25, 0.3) is 5.91 Å². The minimum Gasteiger partial charge on any atom is -0.483 e. The fourth-order valence-electron chi connectivity index (χ4n) is 2.93. The van der Waals surface area contributed by atoms with E-state index in [9.17, 15) is 14.4 Å². The number of hydrogen-bond acceptors (Lipinski definition) is 4. The van der Waals surface area contributed by atoms with Gasteiger partial charge in [-0.2, -0.15) is 0 Å². The first-order valence-electron chi connectivity index (χ1n) is 10.3. The molecular formula is C24H30N2O4. The third-order valence-corrected chi connectivity index (χ3v) is 4.85. The first-order chi connectivity index (χ1) is 14.3. The number of ketones is 1. The van der Waals surface area contributed by atoms with Gasteiger partial charge in [-0.1, -0.05) is 32.9 Å². The standard InChI is InChI=1S/C24H30N2O4/c1-5-7-23(28)26-20-12-13-22(21(14-20)17(4)27)30-15-24(29)25-19-10-8-18(9-11-19)16(3)6-2/h8-14,16H,5-7,15H2,1-4H3,(H,25,29)(H,26,28). The number of anilines is 2. The highest BCUT2D eigenvalue weighted by molar-refractivity contribution is 5.99. The molecule has 30 heavy (non-hydrogen) atoms. The Kier molecular flexibility index (Phi) is 8.59. The van der Waals surface area contributed by atoms with Crippen molar-refractivity contribution in [2.24, 2.45) is 0 Å². The molecule has 0 fully saturated rings. The molecule has 6 heteroatoms. The van der Waals surface area contributed by atoms with E-state index in [4.69, 9.17) is 4.74 Å². The Labute approximate surface area is 178 Å². The van der Waals surface area contributed by atoms with Crippen molar-refractivity contribution in [2.45, 2.75) is 52.9 Å². The van der Waals surface area contributed by atoms with Gasteiger partial charge in [-0.3, -0.25) is 14.4 Å². The first kappa shape index (κ1) is 23.1. The zero-order chi connectivity index (χ0) is 22.1. The van der Waals surface area contributed by atoms with Gasteiger partial charge in [0.05, 0.1) is 5.56 Å². The molecule has 0 heterocycles. The summed E-state index contributed by atoms with van der Waals surface area (Å²) in [7, 11) is 0. The minimum atomic E-state index is -0.318. The van der Waals surface area contributed by atoms with Crippen LogP contribution in [0.2, 0.25) is 0 Å². The number of Topliss-reactive ketones (excluding diaryl/α,β-unsaturated/α-hetero) is 1. The van der Waals surface area contributed by atoms with E-state index in [0.717, 1.165) is 12.8 Å². The third-order valence-electron chi connectivity index (χ3n) is 4.85. The van der Waals surface area contributed by atoms with Crippen molar-refractivity contribution in [1.82, 2.24) is 0 Å². The number of benzene rings is 2. The average molecular weight is 411 g/mol. The van der Waals surface area contributed by atoms with Gasteiger partial charge in [0.2, 0.25) is 5.91 Å². The van der Waals surface area contributed by atoms with E-state index >= 15 is 0 Å². The Bertz CT molecular complexity index is 891. The van der Waals surface area contributed by atoms with Crippen molar-refractivity contribution in [3.05, 3.63) is 53.6 Å². The van der Waals surface area contributed by atoms with Gasteiger partial charge >= 0.3 is 0 Å². The van der Waals surface area contributed by atoms with Gasteiger partial charge in [0, 0.05) is 17.8 Å². The quantitative estimate of drug-likeness (QED) is 0.530. The Morgan fingerprint density at radius 2 is 1.57 bits per heavy atom. The number of ether oxygens (including phenoxy) is 1. The molecule has 2 aromatic rings. The summed E-state index contributed by atoms with van der Waals surface area (Å²) < 4.78 is 5.57. The maximum atomic E-state index is 12.2. The fraction of sp³-hybridized carbons (Fsp3) is 0.375. The largest absolute Gasteiger partial charge is 0.483 e. The van der Waals surface area contributed by atoms with E-state index in [1.54, 1.807) is 18.2 Å². The van der Waals surface area contributed by atoms with Crippen LogP contribution in [0.25, 0.3) is 0 Å². The smallest absolute Gasteiger partial charge is 0.262 e. The van der Waals surface area contributed by atoms with Crippen LogP contribution >= 0.6 is 0 Å². The predicted octanol–water partition coefficient (Wildman–Crippen LogP) is 5.16. The van der Waals surface area contributed by atoms with E-state index in [1.165, 1.54) is 12.5 Å². The summed E-state index contributed by atoms with van der Waals surface area (Å²) in [6.45, 7) is 7.41. The molecule has 0 aliphatic rings. The van der Waals surface area contributed by atoms with Gasteiger partial charge in [0.15, 0.2) is 12.4 Å². The second-order valence-electron chi connectivity index (χ2n) is 7.33. The molecule has 2 aromatic carbocycles. The molecule has 0 aliphatic heterocycles. The number of carbonyl (C=O) groups is 3. The van der Waals surface area contributed by atoms with Crippen LogP contribution in [0.5, 0.6) is 5.75 Å². The van der Waals surface area contributed by atoms with Crippen LogP contribution in [0, 0.1) is 0 Å². The van der Waals surface area contributed by atoms with Crippen LogP contribution in [0.3, 0.4) is 0 Å². The van der Waals surface area contributed by atoms with Gasteiger partial charge in [-0.05, 0) is 61.6 Å². The molecule has 0 radical (unpaired) electrons. The molecule has 0 aliphatic carbocycles. The fourth-order valence-corrected chi connectivity index (χ4v) is 2.93. The summed E-state index contributed by atoms with van der Waals surface area (Å²) in [4.78, 5) is 36.0. The molecule has 1 unspecified atom stereocenters. The van der Waals surface area contributed by atoms with Crippen LogP contribution in [0.1, 0.15) is 68.8 Å². The van der Waals surface area contributed by atoms with Crippen molar-refractivity contribution in [1.29, 1.82) is 0 Å². The highest BCUT2D eigenvalue weighted by atomic mass is 16.5. The minimum absolute atomic E-state index is 0.112. The van der Waals surface area contributed by atoms with Gasteiger partial charge < -0.3 is 15.4 Å². The lowest BCUT2D eigenvalue weighted by Gasteiger charge is -2.13. The van der Waals surface area contributed by atoms with Crippen LogP contribution in [-0.2, 0) is 9.59 Å². The summed E-state index contributed by atoms with van der Waals surface area (Å²) in [6.07, 6.45) is 2.20. The second-order valence-corrected chi connectivity index (χ2v) is 7.33. The van der Waals surface area contributed by atoms with Crippen LogP contribution in [-0.4, -0.2) is 24.2 Å². The van der Waals surface area contributed by atoms with E-state index in [1.807, 2.05) is 31.2 Å². The van der Waals surface area contributed by atoms with Crippen molar-refractivity contribution >= 4 is 29.0 Å². The predicted molar refractivity (Wildman–Crippen MR) is 119 cm³/mol. The number of amides is 2. The highest BCUT2D eigenvalue weighted by Crippen LogP contribution is 2.24. The molecular weight excluding hydrogens is 380 g/mol. The zero-order valence-electron chi connectivity index (χ0n) is 18.1. The molecule has 0 spiro atoms. The molecule has 6 nitrogen and oxygen atoms in total. The third kappa shape index (κ3) is 6.72. The maximum Gasteiger partial charge on any atom is 0.262 e. The molecule has 160 valence electrons. The lowest BCUT2D eigenvalue weighted by Crippen LogP contribution is -2.21. The summed E-state index contributed by atoms with van der Waals surface area (Å²) in [5.74, 6) is 0.134. The van der Waals surface area contributed by atoms with Crippen molar-refractivity contribution < 1.29 is 19.1 Å². The molecule has 0 aromatic heterocycles. The van der Waals surface area contributed by atoms with E-state index < -0.39 is 0 Å². The second kappa shape index (κ2) is 11.1. The summed E-state index contributed by atoms with van der Waals surface area (Å²) in [5.41, 5.74) is 2.76. The molecule has 0 bridgehead atoms. The van der Waals surface area contributed by atoms with Gasteiger partial charge in [-0.15, -0.1) is 0 Å². The van der Waals surface area contributed by atoms with Crippen LogP contribution in [0.4, 0.5) is 11.4 Å². The number of hydrogen-bond donors (Lipinski definition) is 2. The monoisotopic (exact) mass is 410 g/mol. The summed E-state index contributed by atoms with van der Waals surface area (Å²) >= 11 is 0. The molecule has 0 saturated carbocycles. The normalized spacial score (nSPS) is 11.5. The molecule has 0 saturated heterocycles. The lowest BCUT2D eigenvalue weighted by atomic mass is 9.99. The molecule has 2 N–H and O–H groups in total. The highest BCUT2D eigenvalue weighted by Gasteiger charge is 2.13. The van der Waals surface area contributed by atoms with Crippen LogP contribution < -0.4 is 15.4 Å². The van der Waals surface area contributed by atoms with E-state index in [-0.39, 0.29) is 24.2 Å². The van der Waals surface area contributed by atoms with E-state index in [2.05, 4.69) is 24.5 Å². The maximum absolute atomic E-state index is 12.2. The zero-order valence-corrected chi connectivity index (χ0v) is 18.1. The SMILES string of the molecule is CCCC(=O)Nc1ccc(OCC(=O)Nc2ccc(C(C)CC)cc2)c(C(C)=O)c1. The Morgan fingerprint density at radius 3 is 2.17 bits per heavy atom. The Hall–Kier alpha value is -3.15. The Morgan fingerprint density at radius 1 is 0.933 bits per heavy atom. The summed E-state index contributed by atoms with van der Waals surface area (Å²) in [6, 6.07) is 12.6. The lowest BCUT2D eigenvalue weighted by molar-refractivity contribution is -0.118. The van der Waals surface area contributed by atoms with E-state index in [0.29, 0.717) is 35.0 Å². The van der Waals surface area contributed by atoms with Crippen LogP contribution in [0.15, 0.2) is 42.5 Å². The first-order valence-corrected chi connectivity index (χ1v) is 10.3. The van der Waals surface area contributed by atoms with Gasteiger partial charge in [0.1, 0.15) is 5.75 Å². The Balaban J connectivity index is 1.99. The topological polar surface area (TPSA) is 84.5 Å². The van der Waals surface area contributed by atoms with Crippen molar-refractivity contribution in [3.63, 3.8) is 0 Å². The average Bonchev–Trinajstić information content (AvgIpc) is 2.72. The van der Waals surface area contributed by atoms with Gasteiger partial charge in [-0.25, -0.2) is 0 Å². The molecule has 2 rings (SSSR count). The number of rotatable bonds is 10. The molecule has 1 atom stereocenters. The van der Waals surface area contributed by atoms with Crippen molar-refractivity contribution in [3.8, 4) is 5.75 Å². The number of carbonyl (C=O) groups excluding carboxylic acids is 3. The van der Waals surface area contributed by atoms with Crippen molar-refractivity contribution in [2.75, 3.05) is 17.2 Å².